The predicted octanol–water partition coefficient (Wildman–Crippen LogP) is 2.91. The molecule has 1 aromatic carbocycles. The Morgan fingerprint density at radius 3 is 2.67 bits per heavy atom. The summed E-state index contributed by atoms with van der Waals surface area (Å²) in [5.41, 5.74) is 0.869. The standard InChI is InChI=1S/C17H27NO3/c1-13(2)5-3-4-8-18-12-15(19)14-6-7-16-17(11-14)21-10-9-20-16/h6-7,11,13,15,18-19H,3-5,8-10,12H2,1-2H3. The van der Waals surface area contributed by atoms with E-state index in [4.69, 9.17) is 9.47 Å². The number of hydrogen-bond acceptors (Lipinski definition) is 4. The highest BCUT2D eigenvalue weighted by molar-refractivity contribution is 5.44. The first-order chi connectivity index (χ1) is 10.2. The molecule has 1 atom stereocenters. The molecule has 2 rings (SSSR count). The van der Waals surface area contributed by atoms with Gasteiger partial charge in [0.25, 0.3) is 0 Å². The molecule has 1 aliphatic heterocycles. The van der Waals surface area contributed by atoms with Crippen molar-refractivity contribution in [3.63, 3.8) is 0 Å². The Morgan fingerprint density at radius 1 is 1.14 bits per heavy atom. The van der Waals surface area contributed by atoms with E-state index in [9.17, 15) is 5.11 Å². The highest BCUT2D eigenvalue weighted by Gasteiger charge is 2.15. The van der Waals surface area contributed by atoms with E-state index >= 15 is 0 Å². The molecule has 0 bridgehead atoms. The van der Waals surface area contributed by atoms with Crippen molar-refractivity contribution in [3.05, 3.63) is 23.8 Å². The molecule has 118 valence electrons. The maximum absolute atomic E-state index is 10.2. The van der Waals surface area contributed by atoms with Crippen LogP contribution in [0.15, 0.2) is 18.2 Å². The fourth-order valence-corrected chi connectivity index (χ4v) is 2.43. The number of rotatable bonds is 8. The van der Waals surface area contributed by atoms with Gasteiger partial charge in [0.2, 0.25) is 0 Å². The average Bonchev–Trinajstić information content (AvgIpc) is 2.49. The van der Waals surface area contributed by atoms with Crippen molar-refractivity contribution in [1.82, 2.24) is 5.32 Å². The van der Waals surface area contributed by atoms with E-state index < -0.39 is 6.10 Å². The van der Waals surface area contributed by atoms with Crippen LogP contribution < -0.4 is 14.8 Å². The molecule has 0 fully saturated rings. The second-order valence-corrected chi connectivity index (χ2v) is 6.01. The molecule has 0 spiro atoms. The number of benzene rings is 1. The molecule has 0 saturated heterocycles. The molecule has 1 unspecified atom stereocenters. The van der Waals surface area contributed by atoms with Gasteiger partial charge in [0.1, 0.15) is 13.2 Å². The monoisotopic (exact) mass is 293 g/mol. The van der Waals surface area contributed by atoms with Gasteiger partial charge in [-0.05, 0) is 36.6 Å². The second-order valence-electron chi connectivity index (χ2n) is 6.01. The molecule has 0 aromatic heterocycles. The van der Waals surface area contributed by atoms with Gasteiger partial charge in [0.15, 0.2) is 11.5 Å². The molecule has 1 heterocycles. The molecule has 21 heavy (non-hydrogen) atoms. The van der Waals surface area contributed by atoms with Gasteiger partial charge in [-0.1, -0.05) is 32.8 Å². The van der Waals surface area contributed by atoms with Crippen LogP contribution in [0.2, 0.25) is 0 Å². The Hall–Kier alpha value is -1.26. The fourth-order valence-electron chi connectivity index (χ4n) is 2.43. The van der Waals surface area contributed by atoms with Crippen LogP contribution in [0.25, 0.3) is 0 Å². The SMILES string of the molecule is CC(C)CCCCNCC(O)c1ccc2c(c1)OCCO2. The first-order valence-electron chi connectivity index (χ1n) is 7.95. The zero-order valence-electron chi connectivity index (χ0n) is 13.1. The average molecular weight is 293 g/mol. The summed E-state index contributed by atoms with van der Waals surface area (Å²) in [5, 5.41) is 13.5. The van der Waals surface area contributed by atoms with Gasteiger partial charge in [-0.3, -0.25) is 0 Å². The Bertz CT molecular complexity index is 434. The zero-order chi connectivity index (χ0) is 15.1. The summed E-state index contributed by atoms with van der Waals surface area (Å²) in [6.07, 6.45) is 3.16. The maximum atomic E-state index is 10.2. The Morgan fingerprint density at radius 2 is 1.90 bits per heavy atom. The highest BCUT2D eigenvalue weighted by atomic mass is 16.6. The minimum atomic E-state index is -0.508. The summed E-state index contributed by atoms with van der Waals surface area (Å²) in [5.74, 6) is 2.27. The summed E-state index contributed by atoms with van der Waals surface area (Å²) in [6.45, 7) is 7.18. The van der Waals surface area contributed by atoms with Crippen molar-refractivity contribution in [2.45, 2.75) is 39.2 Å². The van der Waals surface area contributed by atoms with Crippen LogP contribution >= 0.6 is 0 Å². The zero-order valence-corrected chi connectivity index (χ0v) is 13.1. The van der Waals surface area contributed by atoms with Gasteiger partial charge in [-0.2, -0.15) is 0 Å². The third kappa shape index (κ3) is 5.21. The number of fused-ring (bicyclic) bond motifs is 1. The van der Waals surface area contributed by atoms with Crippen LogP contribution in [0.3, 0.4) is 0 Å². The summed E-state index contributed by atoms with van der Waals surface area (Å²) in [6, 6.07) is 5.65. The number of ether oxygens (including phenoxy) is 2. The van der Waals surface area contributed by atoms with Crippen molar-refractivity contribution < 1.29 is 14.6 Å². The highest BCUT2D eigenvalue weighted by Crippen LogP contribution is 2.32. The van der Waals surface area contributed by atoms with Gasteiger partial charge >= 0.3 is 0 Å². The van der Waals surface area contributed by atoms with Gasteiger partial charge in [0.05, 0.1) is 6.10 Å². The quantitative estimate of drug-likeness (QED) is 0.724. The third-order valence-electron chi connectivity index (χ3n) is 3.67. The van der Waals surface area contributed by atoms with E-state index in [1.54, 1.807) is 0 Å². The van der Waals surface area contributed by atoms with Crippen molar-refractivity contribution in [2.75, 3.05) is 26.3 Å². The molecule has 1 aliphatic rings. The first kappa shape index (κ1) is 16.1. The van der Waals surface area contributed by atoms with Crippen molar-refractivity contribution in [3.8, 4) is 11.5 Å². The Kier molecular flexibility index (Phi) is 6.33. The maximum Gasteiger partial charge on any atom is 0.161 e. The Labute approximate surface area is 127 Å². The Balaban J connectivity index is 1.72. The molecule has 4 nitrogen and oxygen atoms in total. The van der Waals surface area contributed by atoms with E-state index in [0.717, 1.165) is 35.9 Å². The van der Waals surface area contributed by atoms with Crippen LogP contribution in [0.4, 0.5) is 0 Å². The lowest BCUT2D eigenvalue weighted by Gasteiger charge is -2.20. The molecule has 0 amide bonds. The lowest BCUT2D eigenvalue weighted by atomic mass is 10.1. The number of nitrogens with one attached hydrogen (secondary N) is 1. The fraction of sp³-hybridized carbons (Fsp3) is 0.647. The van der Waals surface area contributed by atoms with Crippen LogP contribution in [-0.2, 0) is 0 Å². The largest absolute Gasteiger partial charge is 0.486 e. The lowest BCUT2D eigenvalue weighted by molar-refractivity contribution is 0.163. The van der Waals surface area contributed by atoms with Crippen LogP contribution in [0.1, 0.15) is 44.8 Å². The molecule has 0 radical (unpaired) electrons. The minimum absolute atomic E-state index is 0.508. The van der Waals surface area contributed by atoms with E-state index in [1.165, 1.54) is 12.8 Å². The van der Waals surface area contributed by atoms with Gasteiger partial charge < -0.3 is 19.9 Å². The first-order valence-corrected chi connectivity index (χ1v) is 7.95. The molecular weight excluding hydrogens is 266 g/mol. The van der Waals surface area contributed by atoms with E-state index in [1.807, 2.05) is 18.2 Å². The van der Waals surface area contributed by atoms with Crippen LogP contribution in [-0.4, -0.2) is 31.4 Å². The smallest absolute Gasteiger partial charge is 0.161 e. The van der Waals surface area contributed by atoms with E-state index in [0.29, 0.717) is 19.8 Å². The van der Waals surface area contributed by atoms with Crippen molar-refractivity contribution in [1.29, 1.82) is 0 Å². The lowest BCUT2D eigenvalue weighted by Crippen LogP contribution is -2.23. The molecule has 4 heteroatoms. The molecule has 0 saturated carbocycles. The molecular formula is C17H27NO3. The van der Waals surface area contributed by atoms with Gasteiger partial charge in [-0.15, -0.1) is 0 Å². The number of hydrogen-bond donors (Lipinski definition) is 2. The number of unbranched alkanes of at least 4 members (excludes halogenated alkanes) is 1. The summed E-state index contributed by atoms with van der Waals surface area (Å²) < 4.78 is 11.0. The third-order valence-corrected chi connectivity index (χ3v) is 3.67. The number of aliphatic hydroxyl groups excluding tert-OH is 1. The molecule has 2 N–H and O–H groups in total. The predicted molar refractivity (Wildman–Crippen MR) is 84.0 cm³/mol. The topological polar surface area (TPSA) is 50.7 Å². The summed E-state index contributed by atoms with van der Waals surface area (Å²) >= 11 is 0. The van der Waals surface area contributed by atoms with E-state index in [2.05, 4.69) is 19.2 Å². The molecule has 0 aliphatic carbocycles. The number of aliphatic hydroxyl groups is 1. The van der Waals surface area contributed by atoms with Gasteiger partial charge in [-0.25, -0.2) is 0 Å². The van der Waals surface area contributed by atoms with Crippen molar-refractivity contribution in [2.24, 2.45) is 5.92 Å². The summed E-state index contributed by atoms with van der Waals surface area (Å²) in [7, 11) is 0. The molecule has 1 aromatic rings. The summed E-state index contributed by atoms with van der Waals surface area (Å²) in [4.78, 5) is 0. The minimum Gasteiger partial charge on any atom is -0.486 e. The van der Waals surface area contributed by atoms with Crippen LogP contribution in [0, 0.1) is 5.92 Å². The van der Waals surface area contributed by atoms with Crippen LogP contribution in [0.5, 0.6) is 11.5 Å². The normalized spacial score (nSPS) is 15.2. The van der Waals surface area contributed by atoms with Crippen molar-refractivity contribution >= 4 is 0 Å². The van der Waals surface area contributed by atoms with E-state index in [-0.39, 0.29) is 0 Å². The van der Waals surface area contributed by atoms with Gasteiger partial charge in [0, 0.05) is 6.54 Å². The second kappa shape index (κ2) is 8.25.